The highest BCUT2D eigenvalue weighted by atomic mass is 35.5. The third-order valence-corrected chi connectivity index (χ3v) is 6.83. The zero-order valence-electron chi connectivity index (χ0n) is 18.9. The largest absolute Gasteiger partial charge is 0.481 e. The summed E-state index contributed by atoms with van der Waals surface area (Å²) in [5, 5.41) is 9.49. The van der Waals surface area contributed by atoms with Crippen molar-refractivity contribution in [1.82, 2.24) is 4.98 Å². The average Bonchev–Trinajstić information content (AvgIpc) is 3.23. The molecule has 176 valence electrons. The molecule has 0 amide bonds. The zero-order valence-corrected chi connectivity index (χ0v) is 20.5. The molecular weight excluding hydrogens is 470 g/mol. The number of thioether (sulfide) groups is 1. The predicted octanol–water partition coefficient (Wildman–Crippen LogP) is 7.24. The molecule has 34 heavy (non-hydrogen) atoms. The maximum Gasteiger partial charge on any atom is 0.307 e. The van der Waals surface area contributed by atoms with Gasteiger partial charge in [0.2, 0.25) is 0 Å². The molecule has 2 aliphatic rings. The van der Waals surface area contributed by atoms with Crippen LogP contribution in [0.4, 0.5) is 0 Å². The Hall–Kier alpha value is -2.96. The second-order valence-corrected chi connectivity index (χ2v) is 9.49. The fourth-order valence-electron chi connectivity index (χ4n) is 3.65. The molecular formula is C27H26ClNO4S. The molecule has 5 nitrogen and oxygen atoms in total. The fourth-order valence-corrected chi connectivity index (χ4v) is 4.86. The topological polar surface area (TPSA) is 72.6 Å². The molecule has 0 fully saturated rings. The Morgan fingerprint density at radius 1 is 1.12 bits per heavy atom. The van der Waals surface area contributed by atoms with Gasteiger partial charge in [-0.05, 0) is 53.8 Å². The molecule has 2 aromatic rings. The number of halogens is 1. The normalized spacial score (nSPS) is 11.1. The van der Waals surface area contributed by atoms with E-state index >= 15 is 0 Å². The van der Waals surface area contributed by atoms with Crippen LogP contribution in [0.5, 0.6) is 5.95 Å². The molecule has 4 rings (SSSR count). The number of aryl methyl sites for hydroxylation is 1. The van der Waals surface area contributed by atoms with Crippen LogP contribution < -0.4 is 4.74 Å². The Bertz CT molecular complexity index is 1220. The van der Waals surface area contributed by atoms with E-state index in [-0.39, 0.29) is 6.42 Å². The molecule has 0 atom stereocenters. The van der Waals surface area contributed by atoms with Gasteiger partial charge in [-0.15, -0.1) is 11.8 Å². The standard InChI is InChI=1S/C27H26ClNO4S/c1-2-7-22-27(33-24-17-20(16-23(24)29-22)19-8-4-3-5-9-19)32-12-6-13-34-25-11-10-18(14-21(25)28)15-26(30)31/h3-5,8-11,14,16-17H,2,6-7,12-13,15H2,1H3,(H,30,31). The predicted molar refractivity (Wildman–Crippen MR) is 136 cm³/mol. The number of carboxylic acid groups (broad SMARTS) is 1. The van der Waals surface area contributed by atoms with Crippen LogP contribution in [-0.2, 0) is 17.6 Å². The van der Waals surface area contributed by atoms with Gasteiger partial charge in [-0.25, -0.2) is 4.98 Å². The van der Waals surface area contributed by atoms with Gasteiger partial charge < -0.3 is 14.3 Å². The lowest BCUT2D eigenvalue weighted by molar-refractivity contribution is -0.136. The van der Waals surface area contributed by atoms with E-state index in [0.29, 0.717) is 23.1 Å². The van der Waals surface area contributed by atoms with E-state index in [4.69, 9.17) is 30.8 Å². The van der Waals surface area contributed by atoms with Crippen molar-refractivity contribution in [1.29, 1.82) is 0 Å². The minimum atomic E-state index is -0.868. The van der Waals surface area contributed by atoms with Crippen molar-refractivity contribution in [3.8, 4) is 28.5 Å². The van der Waals surface area contributed by atoms with Gasteiger partial charge in [-0.2, -0.15) is 0 Å². The number of aromatic nitrogens is 1. The Morgan fingerprint density at radius 2 is 1.94 bits per heavy atom. The highest BCUT2D eigenvalue weighted by molar-refractivity contribution is 7.99. The summed E-state index contributed by atoms with van der Waals surface area (Å²) >= 11 is 7.93. The highest BCUT2D eigenvalue weighted by Crippen LogP contribution is 2.35. The number of ether oxygens (including phenoxy) is 1. The summed E-state index contributed by atoms with van der Waals surface area (Å²) in [6.07, 6.45) is 2.50. The molecule has 0 saturated heterocycles. The van der Waals surface area contributed by atoms with Crippen molar-refractivity contribution in [3.05, 3.63) is 76.9 Å². The molecule has 0 aromatic heterocycles. The Labute approximate surface area is 208 Å². The molecule has 0 radical (unpaired) electrons. The van der Waals surface area contributed by atoms with Crippen LogP contribution in [0.25, 0.3) is 22.6 Å². The van der Waals surface area contributed by atoms with Crippen molar-refractivity contribution in [2.75, 3.05) is 12.4 Å². The molecule has 0 spiro atoms. The third kappa shape index (κ3) is 6.13. The van der Waals surface area contributed by atoms with E-state index in [1.807, 2.05) is 30.3 Å². The van der Waals surface area contributed by atoms with Crippen LogP contribution in [0.3, 0.4) is 0 Å². The van der Waals surface area contributed by atoms with E-state index in [1.165, 1.54) is 0 Å². The van der Waals surface area contributed by atoms with Gasteiger partial charge in [0.1, 0.15) is 11.4 Å². The number of carboxylic acids is 1. The smallest absolute Gasteiger partial charge is 0.307 e. The first kappa shape index (κ1) is 24.2. The quantitative estimate of drug-likeness (QED) is 0.174. The molecule has 2 aromatic carbocycles. The molecule has 1 aliphatic carbocycles. The van der Waals surface area contributed by atoms with Gasteiger partial charge >= 0.3 is 11.9 Å². The summed E-state index contributed by atoms with van der Waals surface area (Å²) in [6, 6.07) is 19.6. The monoisotopic (exact) mass is 495 g/mol. The van der Waals surface area contributed by atoms with Crippen molar-refractivity contribution in [3.63, 3.8) is 0 Å². The maximum atomic E-state index is 10.9. The minimum Gasteiger partial charge on any atom is -0.481 e. The number of carbonyl (C=O) groups is 1. The number of rotatable bonds is 11. The van der Waals surface area contributed by atoms with Crippen molar-refractivity contribution in [2.45, 2.75) is 37.5 Å². The Kier molecular flexibility index (Phi) is 8.14. The first-order chi connectivity index (χ1) is 16.5. The summed E-state index contributed by atoms with van der Waals surface area (Å²) in [6.45, 7) is 2.61. The van der Waals surface area contributed by atoms with E-state index in [2.05, 4.69) is 25.1 Å². The SMILES string of the molecule is CCCc1nc2cc(-c3ccccc3)cc-2oc1OCCCSc1ccc(CC(=O)O)cc1Cl. The summed E-state index contributed by atoms with van der Waals surface area (Å²) in [4.78, 5) is 16.6. The van der Waals surface area contributed by atoms with Gasteiger partial charge in [-0.3, -0.25) is 4.79 Å². The zero-order chi connectivity index (χ0) is 23.9. The van der Waals surface area contributed by atoms with Crippen LogP contribution >= 0.6 is 23.4 Å². The number of nitrogens with zero attached hydrogens (tertiary/aromatic N) is 1. The Morgan fingerprint density at radius 3 is 2.68 bits per heavy atom. The van der Waals surface area contributed by atoms with E-state index in [0.717, 1.165) is 58.2 Å². The van der Waals surface area contributed by atoms with Crippen LogP contribution in [0.2, 0.25) is 5.02 Å². The number of hydrogen-bond acceptors (Lipinski definition) is 5. The summed E-state index contributed by atoms with van der Waals surface area (Å²) in [5.74, 6) is 1.15. The molecule has 0 unspecified atom stereocenters. The van der Waals surface area contributed by atoms with Gasteiger partial charge in [0.15, 0.2) is 5.76 Å². The number of benzene rings is 2. The lowest BCUT2D eigenvalue weighted by Gasteiger charge is -2.11. The van der Waals surface area contributed by atoms with Crippen molar-refractivity contribution in [2.24, 2.45) is 0 Å². The molecule has 1 heterocycles. The number of fused-ring (bicyclic) bond motifs is 1. The summed E-state index contributed by atoms with van der Waals surface area (Å²) in [5.41, 5.74) is 4.58. The Balaban J connectivity index is 1.37. The van der Waals surface area contributed by atoms with Gasteiger partial charge in [0.25, 0.3) is 0 Å². The van der Waals surface area contributed by atoms with E-state index in [9.17, 15) is 4.79 Å². The van der Waals surface area contributed by atoms with Crippen LogP contribution in [0.15, 0.2) is 70.0 Å². The molecule has 7 heteroatoms. The lowest BCUT2D eigenvalue weighted by Crippen LogP contribution is -2.04. The van der Waals surface area contributed by atoms with Gasteiger partial charge in [-0.1, -0.05) is 61.3 Å². The van der Waals surface area contributed by atoms with E-state index in [1.54, 1.807) is 23.9 Å². The average molecular weight is 496 g/mol. The molecule has 0 saturated carbocycles. The first-order valence-electron chi connectivity index (χ1n) is 11.3. The van der Waals surface area contributed by atoms with Crippen LogP contribution in [0, 0.1) is 0 Å². The van der Waals surface area contributed by atoms with E-state index < -0.39 is 5.97 Å². The number of aliphatic carboxylic acids is 1. The highest BCUT2D eigenvalue weighted by Gasteiger charge is 2.18. The van der Waals surface area contributed by atoms with Crippen LogP contribution in [-0.4, -0.2) is 28.4 Å². The summed E-state index contributed by atoms with van der Waals surface area (Å²) in [7, 11) is 0. The lowest BCUT2D eigenvalue weighted by atomic mass is 10.1. The maximum absolute atomic E-state index is 10.9. The number of hydrogen-bond donors (Lipinski definition) is 1. The van der Waals surface area contributed by atoms with Gasteiger partial charge in [0, 0.05) is 10.6 Å². The van der Waals surface area contributed by atoms with Crippen molar-refractivity contribution >= 4 is 29.3 Å². The van der Waals surface area contributed by atoms with Crippen molar-refractivity contribution < 1.29 is 19.1 Å². The summed E-state index contributed by atoms with van der Waals surface area (Å²) < 4.78 is 12.1. The van der Waals surface area contributed by atoms with Gasteiger partial charge in [0.05, 0.1) is 18.1 Å². The second kappa shape index (κ2) is 11.4. The fraction of sp³-hybridized carbons (Fsp3) is 0.259. The molecule has 1 aliphatic heterocycles. The minimum absolute atomic E-state index is 0.0310. The molecule has 1 N–H and O–H groups in total. The first-order valence-corrected chi connectivity index (χ1v) is 12.6. The van der Waals surface area contributed by atoms with Crippen LogP contribution in [0.1, 0.15) is 31.0 Å². The molecule has 0 bridgehead atoms. The third-order valence-electron chi connectivity index (χ3n) is 5.25. The second-order valence-electron chi connectivity index (χ2n) is 7.94.